The summed E-state index contributed by atoms with van der Waals surface area (Å²) >= 11 is 5.33. The lowest BCUT2D eigenvalue weighted by Gasteiger charge is -2.21. The van der Waals surface area contributed by atoms with Crippen molar-refractivity contribution in [2.24, 2.45) is 5.73 Å². The van der Waals surface area contributed by atoms with Gasteiger partial charge in [-0.3, -0.25) is 0 Å². The van der Waals surface area contributed by atoms with Crippen molar-refractivity contribution < 1.29 is 0 Å². The fourth-order valence-corrected chi connectivity index (χ4v) is 3.42. The van der Waals surface area contributed by atoms with Gasteiger partial charge in [0.15, 0.2) is 0 Å². The van der Waals surface area contributed by atoms with Gasteiger partial charge in [0.1, 0.15) is 0 Å². The summed E-state index contributed by atoms with van der Waals surface area (Å²) in [6.45, 7) is 4.91. The molecule has 0 saturated carbocycles. The number of aryl methyl sites for hydroxylation is 1. The monoisotopic (exact) mass is 339 g/mol. The van der Waals surface area contributed by atoms with Gasteiger partial charge in [0.2, 0.25) is 0 Å². The molecule has 0 saturated heterocycles. The molecule has 3 nitrogen and oxygen atoms in total. The second kappa shape index (κ2) is 6.03. The minimum absolute atomic E-state index is 0.0550. The maximum atomic E-state index is 5.90. The Morgan fingerprint density at radius 2 is 2.21 bits per heavy atom. The van der Waals surface area contributed by atoms with E-state index in [-0.39, 0.29) is 6.04 Å². The first-order chi connectivity index (χ1) is 8.99. The Morgan fingerprint density at radius 3 is 2.74 bits per heavy atom. The first kappa shape index (κ1) is 14.5. The Hall–Kier alpha value is -0.910. The summed E-state index contributed by atoms with van der Waals surface area (Å²) in [5, 5.41) is 0. The minimum Gasteiger partial charge on any atom is -0.368 e. The Balaban J connectivity index is 2.20. The molecule has 0 spiro atoms. The molecule has 1 atom stereocenters. The zero-order valence-corrected chi connectivity index (χ0v) is 13.8. The molecule has 0 bridgehead atoms. The van der Waals surface area contributed by atoms with Crippen LogP contribution < -0.4 is 10.6 Å². The summed E-state index contributed by atoms with van der Waals surface area (Å²) in [6, 6.07) is 6.34. The number of aromatic nitrogens is 1. The molecule has 0 aliphatic rings. The molecule has 1 aromatic heterocycles. The lowest BCUT2D eigenvalue weighted by atomic mass is 10.1. The molecule has 0 fully saturated rings. The van der Waals surface area contributed by atoms with Crippen molar-refractivity contribution in [3.63, 3.8) is 0 Å². The van der Waals surface area contributed by atoms with Crippen molar-refractivity contribution in [3.8, 4) is 0 Å². The van der Waals surface area contributed by atoms with Crippen LogP contribution in [0.4, 0.5) is 5.69 Å². The van der Waals surface area contributed by atoms with Crippen LogP contribution >= 0.6 is 27.3 Å². The van der Waals surface area contributed by atoms with Crippen LogP contribution in [-0.2, 0) is 6.54 Å². The third-order valence-electron chi connectivity index (χ3n) is 3.13. The lowest BCUT2D eigenvalue weighted by molar-refractivity contribution is 0.816. The van der Waals surface area contributed by atoms with Crippen molar-refractivity contribution in [2.45, 2.75) is 26.4 Å². The molecule has 2 rings (SSSR count). The molecule has 2 aromatic rings. The van der Waals surface area contributed by atoms with E-state index < -0.39 is 0 Å². The van der Waals surface area contributed by atoms with Gasteiger partial charge in [0.25, 0.3) is 0 Å². The van der Waals surface area contributed by atoms with Gasteiger partial charge in [-0.1, -0.05) is 6.07 Å². The Kier molecular flexibility index (Phi) is 4.60. The zero-order valence-electron chi connectivity index (χ0n) is 11.4. The maximum absolute atomic E-state index is 5.90. The quantitative estimate of drug-likeness (QED) is 0.919. The number of nitrogens with zero attached hydrogens (tertiary/aromatic N) is 2. The molecule has 0 amide bonds. The largest absolute Gasteiger partial charge is 0.368 e. The molecule has 1 aromatic carbocycles. The molecule has 102 valence electrons. The number of benzene rings is 1. The molecule has 19 heavy (non-hydrogen) atoms. The normalized spacial score (nSPS) is 12.5. The third-order valence-corrected chi connectivity index (χ3v) is 4.69. The lowest BCUT2D eigenvalue weighted by Crippen LogP contribution is -2.17. The van der Waals surface area contributed by atoms with Gasteiger partial charge in [0.05, 0.1) is 23.4 Å². The van der Waals surface area contributed by atoms with E-state index in [4.69, 9.17) is 5.73 Å². The Morgan fingerprint density at radius 1 is 1.47 bits per heavy atom. The Labute approximate surface area is 126 Å². The fourth-order valence-electron chi connectivity index (χ4n) is 1.89. The number of halogens is 1. The molecule has 1 heterocycles. The van der Waals surface area contributed by atoms with E-state index >= 15 is 0 Å². The van der Waals surface area contributed by atoms with Crippen LogP contribution in [0.5, 0.6) is 0 Å². The smallest absolute Gasteiger partial charge is 0.0798 e. The van der Waals surface area contributed by atoms with E-state index in [9.17, 15) is 0 Å². The molecule has 5 heteroatoms. The van der Waals surface area contributed by atoms with Gasteiger partial charge in [-0.15, -0.1) is 11.3 Å². The van der Waals surface area contributed by atoms with Crippen LogP contribution in [0.1, 0.15) is 29.1 Å². The van der Waals surface area contributed by atoms with Crippen LogP contribution in [0.3, 0.4) is 0 Å². The second-order valence-electron chi connectivity index (χ2n) is 4.72. The zero-order chi connectivity index (χ0) is 14.0. The highest BCUT2D eigenvalue weighted by atomic mass is 79.9. The number of nitrogens with two attached hydrogens (primary N) is 1. The van der Waals surface area contributed by atoms with Crippen molar-refractivity contribution in [2.75, 3.05) is 11.9 Å². The molecule has 2 N–H and O–H groups in total. The number of rotatable bonds is 4. The van der Waals surface area contributed by atoms with E-state index in [0.29, 0.717) is 0 Å². The van der Waals surface area contributed by atoms with Gasteiger partial charge in [-0.2, -0.15) is 0 Å². The predicted octanol–water partition coefficient (Wildman–Crippen LogP) is 3.87. The highest BCUT2D eigenvalue weighted by molar-refractivity contribution is 9.10. The fraction of sp³-hybridized carbons (Fsp3) is 0.357. The van der Waals surface area contributed by atoms with Crippen LogP contribution in [0.15, 0.2) is 28.2 Å². The van der Waals surface area contributed by atoms with Gasteiger partial charge >= 0.3 is 0 Å². The number of anilines is 1. The van der Waals surface area contributed by atoms with E-state index in [2.05, 4.69) is 51.1 Å². The SMILES string of the molecule is Cc1ncsc1CN(C)c1ccc([C@@H](C)N)cc1Br. The first-order valence-electron chi connectivity index (χ1n) is 6.14. The van der Waals surface area contributed by atoms with E-state index in [1.54, 1.807) is 11.3 Å². The van der Waals surface area contributed by atoms with Gasteiger partial charge < -0.3 is 10.6 Å². The topological polar surface area (TPSA) is 42.2 Å². The molecular weight excluding hydrogens is 322 g/mol. The maximum Gasteiger partial charge on any atom is 0.0798 e. The van der Waals surface area contributed by atoms with E-state index in [1.165, 1.54) is 4.88 Å². The minimum atomic E-state index is 0.0550. The summed E-state index contributed by atoms with van der Waals surface area (Å²) in [6.07, 6.45) is 0. The molecule has 0 aliphatic carbocycles. The second-order valence-corrected chi connectivity index (χ2v) is 6.51. The summed E-state index contributed by atoms with van der Waals surface area (Å²) in [5.41, 5.74) is 11.2. The average molecular weight is 340 g/mol. The predicted molar refractivity (Wildman–Crippen MR) is 85.7 cm³/mol. The molecule has 0 aliphatic heterocycles. The van der Waals surface area contributed by atoms with Crippen molar-refractivity contribution >= 4 is 33.0 Å². The summed E-state index contributed by atoms with van der Waals surface area (Å²) < 4.78 is 1.08. The molecule has 0 unspecified atom stereocenters. The average Bonchev–Trinajstić information content (AvgIpc) is 2.74. The highest BCUT2D eigenvalue weighted by Gasteiger charge is 2.11. The van der Waals surface area contributed by atoms with E-state index in [0.717, 1.165) is 28.0 Å². The number of hydrogen-bond acceptors (Lipinski definition) is 4. The third kappa shape index (κ3) is 3.35. The summed E-state index contributed by atoms with van der Waals surface area (Å²) in [7, 11) is 2.09. The molecule has 0 radical (unpaired) electrons. The van der Waals surface area contributed by atoms with E-state index in [1.807, 2.05) is 19.4 Å². The number of thiazole rings is 1. The number of hydrogen-bond donors (Lipinski definition) is 1. The van der Waals surface area contributed by atoms with Crippen molar-refractivity contribution in [1.82, 2.24) is 4.98 Å². The highest BCUT2D eigenvalue weighted by Crippen LogP contribution is 2.30. The standard InChI is InChI=1S/C14H18BrN3S/c1-9(16)11-4-5-13(12(15)6-11)18(3)7-14-10(2)17-8-19-14/h4-6,8-9H,7,16H2,1-3H3/t9-/m1/s1. The van der Waals surface area contributed by atoms with Crippen LogP contribution in [-0.4, -0.2) is 12.0 Å². The van der Waals surface area contributed by atoms with Gasteiger partial charge in [-0.05, 0) is 47.5 Å². The summed E-state index contributed by atoms with van der Waals surface area (Å²) in [5.74, 6) is 0. The van der Waals surface area contributed by atoms with Crippen LogP contribution in [0.2, 0.25) is 0 Å². The van der Waals surface area contributed by atoms with Crippen molar-refractivity contribution in [1.29, 1.82) is 0 Å². The summed E-state index contributed by atoms with van der Waals surface area (Å²) in [4.78, 5) is 7.80. The van der Waals surface area contributed by atoms with Crippen LogP contribution in [0.25, 0.3) is 0 Å². The van der Waals surface area contributed by atoms with Crippen LogP contribution in [0, 0.1) is 6.92 Å². The van der Waals surface area contributed by atoms with Crippen molar-refractivity contribution in [3.05, 3.63) is 44.3 Å². The van der Waals surface area contributed by atoms with Gasteiger partial charge in [-0.25, -0.2) is 4.98 Å². The Bertz CT molecular complexity index is 566. The first-order valence-corrected chi connectivity index (χ1v) is 7.81. The molecular formula is C14H18BrN3S. The van der Waals surface area contributed by atoms with Gasteiger partial charge in [0, 0.05) is 22.4 Å².